The van der Waals surface area contributed by atoms with Crippen LogP contribution < -0.4 is 0 Å². The highest BCUT2D eigenvalue weighted by Crippen LogP contribution is 2.40. The zero-order chi connectivity index (χ0) is 15.6. The highest BCUT2D eigenvalue weighted by molar-refractivity contribution is 6.03. The first-order valence-corrected chi connectivity index (χ1v) is 8.64. The molecule has 0 aliphatic heterocycles. The molecule has 0 unspecified atom stereocenters. The first kappa shape index (κ1) is 15.7. The molecule has 0 bridgehead atoms. The van der Waals surface area contributed by atoms with Crippen molar-refractivity contribution < 1.29 is 15.0 Å². The number of carbonyl (C=O) groups is 1. The summed E-state index contributed by atoms with van der Waals surface area (Å²) in [7, 11) is 0. The smallest absolute Gasteiger partial charge is 0.194 e. The molecule has 0 atom stereocenters. The Hall–Kier alpha value is -1.19. The molecule has 2 N–H and O–H groups in total. The van der Waals surface area contributed by atoms with E-state index in [4.69, 9.17) is 0 Å². The van der Waals surface area contributed by atoms with E-state index < -0.39 is 11.2 Å². The van der Waals surface area contributed by atoms with Gasteiger partial charge in [-0.1, -0.05) is 62.8 Å². The summed E-state index contributed by atoms with van der Waals surface area (Å²) in [5, 5.41) is 21.8. The van der Waals surface area contributed by atoms with E-state index in [2.05, 4.69) is 0 Å². The van der Waals surface area contributed by atoms with E-state index in [1.165, 1.54) is 0 Å². The molecule has 3 heteroatoms. The van der Waals surface area contributed by atoms with Crippen LogP contribution in [-0.4, -0.2) is 21.6 Å². The highest BCUT2D eigenvalue weighted by Gasteiger charge is 2.41. The van der Waals surface area contributed by atoms with E-state index in [1.807, 2.05) is 18.2 Å². The number of aliphatic hydroxyl groups is 2. The minimum atomic E-state index is -1.24. The van der Waals surface area contributed by atoms with Crippen LogP contribution in [0, 0.1) is 0 Å². The number of hydrogen-bond acceptors (Lipinski definition) is 3. The third-order valence-electron chi connectivity index (χ3n) is 5.46. The number of benzene rings is 1. The van der Waals surface area contributed by atoms with Gasteiger partial charge in [0.25, 0.3) is 0 Å². The first-order valence-electron chi connectivity index (χ1n) is 8.64. The minimum Gasteiger partial charge on any atom is -0.385 e. The SMILES string of the molecule is O=C(c1ccccc1C1(O)CCCCC1)C1(O)CCCCC1. The van der Waals surface area contributed by atoms with Gasteiger partial charge in [-0.3, -0.25) is 4.79 Å². The molecule has 0 saturated heterocycles. The van der Waals surface area contributed by atoms with Gasteiger partial charge in [-0.2, -0.15) is 0 Å². The van der Waals surface area contributed by atoms with Gasteiger partial charge in [0, 0.05) is 5.56 Å². The van der Waals surface area contributed by atoms with Crippen LogP contribution >= 0.6 is 0 Å². The predicted octanol–water partition coefficient (Wildman–Crippen LogP) is 3.72. The van der Waals surface area contributed by atoms with Crippen LogP contribution in [0.4, 0.5) is 0 Å². The van der Waals surface area contributed by atoms with Crippen LogP contribution in [0.15, 0.2) is 24.3 Å². The fourth-order valence-corrected chi connectivity index (χ4v) is 4.11. The molecule has 3 nitrogen and oxygen atoms in total. The summed E-state index contributed by atoms with van der Waals surface area (Å²) in [4.78, 5) is 13.0. The molecule has 2 aliphatic carbocycles. The Morgan fingerprint density at radius 2 is 1.36 bits per heavy atom. The standard InChI is InChI=1S/C19H26O3/c20-17(19(22)13-7-2-8-14-19)15-9-3-4-10-16(15)18(21)11-5-1-6-12-18/h3-4,9-10,21-22H,1-2,5-8,11-14H2. The molecule has 0 heterocycles. The zero-order valence-electron chi connectivity index (χ0n) is 13.2. The molecular weight excluding hydrogens is 276 g/mol. The fraction of sp³-hybridized carbons (Fsp3) is 0.632. The Kier molecular flexibility index (Phi) is 4.37. The van der Waals surface area contributed by atoms with Crippen molar-refractivity contribution in [2.45, 2.75) is 75.4 Å². The Morgan fingerprint density at radius 3 is 2.00 bits per heavy atom. The molecule has 2 saturated carbocycles. The molecule has 22 heavy (non-hydrogen) atoms. The quantitative estimate of drug-likeness (QED) is 0.837. The lowest BCUT2D eigenvalue weighted by molar-refractivity contribution is -0.00467. The van der Waals surface area contributed by atoms with Crippen molar-refractivity contribution in [1.29, 1.82) is 0 Å². The van der Waals surface area contributed by atoms with Gasteiger partial charge in [0.1, 0.15) is 5.60 Å². The lowest BCUT2D eigenvalue weighted by atomic mass is 9.73. The van der Waals surface area contributed by atoms with E-state index in [1.54, 1.807) is 6.07 Å². The van der Waals surface area contributed by atoms with Crippen LogP contribution in [0.1, 0.15) is 80.1 Å². The maximum atomic E-state index is 13.0. The third kappa shape index (κ3) is 2.84. The number of rotatable bonds is 3. The van der Waals surface area contributed by atoms with Gasteiger partial charge in [0.2, 0.25) is 0 Å². The Balaban J connectivity index is 1.95. The molecule has 2 aliphatic rings. The highest BCUT2D eigenvalue weighted by atomic mass is 16.3. The normalized spacial score (nSPS) is 23.9. The van der Waals surface area contributed by atoms with E-state index in [0.717, 1.165) is 44.1 Å². The maximum Gasteiger partial charge on any atom is 0.194 e. The minimum absolute atomic E-state index is 0.193. The largest absolute Gasteiger partial charge is 0.385 e. The molecule has 0 spiro atoms. The van der Waals surface area contributed by atoms with E-state index in [9.17, 15) is 15.0 Å². The van der Waals surface area contributed by atoms with E-state index in [-0.39, 0.29) is 5.78 Å². The van der Waals surface area contributed by atoms with Gasteiger partial charge in [-0.05, 0) is 31.2 Å². The van der Waals surface area contributed by atoms with Gasteiger partial charge in [0.05, 0.1) is 5.60 Å². The maximum absolute atomic E-state index is 13.0. The van der Waals surface area contributed by atoms with Crippen LogP contribution in [0.3, 0.4) is 0 Å². The summed E-state index contributed by atoms with van der Waals surface area (Å²) in [5.74, 6) is -0.193. The van der Waals surface area contributed by atoms with Crippen molar-refractivity contribution in [3.63, 3.8) is 0 Å². The second-order valence-corrected chi connectivity index (χ2v) is 7.06. The van der Waals surface area contributed by atoms with Crippen molar-refractivity contribution in [2.75, 3.05) is 0 Å². The summed E-state index contributed by atoms with van der Waals surface area (Å²) >= 11 is 0. The summed E-state index contributed by atoms with van der Waals surface area (Å²) < 4.78 is 0. The summed E-state index contributed by atoms with van der Waals surface area (Å²) in [6.07, 6.45) is 8.49. The van der Waals surface area contributed by atoms with Crippen LogP contribution in [0.5, 0.6) is 0 Å². The molecule has 3 rings (SSSR count). The van der Waals surface area contributed by atoms with Crippen molar-refractivity contribution in [3.05, 3.63) is 35.4 Å². The predicted molar refractivity (Wildman–Crippen MR) is 85.8 cm³/mol. The van der Waals surface area contributed by atoms with Crippen molar-refractivity contribution in [3.8, 4) is 0 Å². The average Bonchev–Trinajstić information content (AvgIpc) is 2.55. The third-order valence-corrected chi connectivity index (χ3v) is 5.46. The molecule has 0 aromatic heterocycles. The lowest BCUT2D eigenvalue weighted by Gasteiger charge is -2.36. The first-order chi connectivity index (χ1) is 10.6. The van der Waals surface area contributed by atoms with Gasteiger partial charge in [-0.15, -0.1) is 0 Å². The number of ketones is 1. The second-order valence-electron chi connectivity index (χ2n) is 7.06. The summed E-state index contributed by atoms with van der Waals surface area (Å²) in [6.45, 7) is 0. The molecule has 0 amide bonds. The molecule has 1 aromatic carbocycles. The summed E-state index contributed by atoms with van der Waals surface area (Å²) in [5.41, 5.74) is -0.899. The van der Waals surface area contributed by atoms with E-state index >= 15 is 0 Å². The van der Waals surface area contributed by atoms with Crippen LogP contribution in [0.2, 0.25) is 0 Å². The Morgan fingerprint density at radius 1 is 0.818 bits per heavy atom. The molecular formula is C19H26O3. The zero-order valence-corrected chi connectivity index (χ0v) is 13.2. The van der Waals surface area contributed by atoms with Crippen LogP contribution in [-0.2, 0) is 5.60 Å². The number of carbonyl (C=O) groups excluding carboxylic acids is 1. The van der Waals surface area contributed by atoms with Crippen molar-refractivity contribution >= 4 is 5.78 Å². The second kappa shape index (κ2) is 6.13. The Bertz CT molecular complexity index is 537. The average molecular weight is 302 g/mol. The van der Waals surface area contributed by atoms with Crippen molar-refractivity contribution in [1.82, 2.24) is 0 Å². The molecule has 1 aromatic rings. The van der Waals surface area contributed by atoms with Gasteiger partial charge in [-0.25, -0.2) is 0 Å². The van der Waals surface area contributed by atoms with Gasteiger partial charge >= 0.3 is 0 Å². The lowest BCUT2D eigenvalue weighted by Crippen LogP contribution is -2.42. The monoisotopic (exact) mass is 302 g/mol. The molecule has 2 fully saturated rings. The molecule has 120 valence electrons. The topological polar surface area (TPSA) is 57.5 Å². The van der Waals surface area contributed by atoms with Gasteiger partial charge in [0.15, 0.2) is 5.78 Å². The van der Waals surface area contributed by atoms with Crippen LogP contribution in [0.25, 0.3) is 0 Å². The molecule has 0 radical (unpaired) electrons. The fourth-order valence-electron chi connectivity index (χ4n) is 4.11. The number of Topliss-reactive ketones (excluding diaryl/α,β-unsaturated/α-hetero) is 1. The van der Waals surface area contributed by atoms with Gasteiger partial charge < -0.3 is 10.2 Å². The Labute approximate surface area is 132 Å². The number of hydrogen-bond donors (Lipinski definition) is 2. The van der Waals surface area contributed by atoms with Crippen molar-refractivity contribution in [2.24, 2.45) is 0 Å². The van der Waals surface area contributed by atoms with E-state index in [0.29, 0.717) is 31.2 Å². The summed E-state index contributed by atoms with van der Waals surface area (Å²) in [6, 6.07) is 7.35.